The number of ether oxygens (including phenoxy) is 1. The van der Waals surface area contributed by atoms with Crippen molar-refractivity contribution >= 4 is 0 Å². The van der Waals surface area contributed by atoms with E-state index >= 15 is 0 Å². The summed E-state index contributed by atoms with van der Waals surface area (Å²) in [7, 11) is 0. The van der Waals surface area contributed by atoms with Gasteiger partial charge in [0.1, 0.15) is 17.1 Å². The number of phenolic OH excluding ortho intramolecular Hbond substituents is 1. The zero-order chi connectivity index (χ0) is 13.3. The van der Waals surface area contributed by atoms with E-state index in [1.807, 2.05) is 26.8 Å². The standard InChI is InChI=1S/C15H23NO2/c1-15(2,3)18-11-6-7-14(17)12(9-11)13(16)8-10-4-5-10/h6-7,9-10,13,17H,4-5,8,16H2,1-3H3/t13-/m1/s1. The second-order valence-electron chi connectivity index (χ2n) is 6.22. The summed E-state index contributed by atoms with van der Waals surface area (Å²) in [5, 5.41) is 9.90. The summed E-state index contributed by atoms with van der Waals surface area (Å²) < 4.78 is 5.80. The number of benzene rings is 1. The van der Waals surface area contributed by atoms with E-state index in [0.717, 1.165) is 23.7 Å². The summed E-state index contributed by atoms with van der Waals surface area (Å²) in [6.45, 7) is 6.01. The summed E-state index contributed by atoms with van der Waals surface area (Å²) in [4.78, 5) is 0. The van der Waals surface area contributed by atoms with Crippen molar-refractivity contribution in [2.45, 2.75) is 51.7 Å². The second-order valence-corrected chi connectivity index (χ2v) is 6.22. The lowest BCUT2D eigenvalue weighted by Crippen LogP contribution is -2.23. The van der Waals surface area contributed by atoms with E-state index in [2.05, 4.69) is 0 Å². The first-order chi connectivity index (χ1) is 8.35. The fraction of sp³-hybridized carbons (Fsp3) is 0.600. The zero-order valence-corrected chi connectivity index (χ0v) is 11.4. The Balaban J connectivity index is 2.14. The van der Waals surface area contributed by atoms with Crippen LogP contribution in [0.3, 0.4) is 0 Å². The fourth-order valence-corrected chi connectivity index (χ4v) is 2.09. The van der Waals surface area contributed by atoms with Crippen LogP contribution in [0.25, 0.3) is 0 Å². The van der Waals surface area contributed by atoms with Gasteiger partial charge in [-0.05, 0) is 51.3 Å². The minimum absolute atomic E-state index is 0.0963. The Labute approximate surface area is 109 Å². The number of hydrogen-bond acceptors (Lipinski definition) is 3. The fourth-order valence-electron chi connectivity index (χ4n) is 2.09. The summed E-state index contributed by atoms with van der Waals surface area (Å²) >= 11 is 0. The molecule has 100 valence electrons. The first kappa shape index (κ1) is 13.2. The van der Waals surface area contributed by atoms with Crippen molar-refractivity contribution in [3.05, 3.63) is 23.8 Å². The topological polar surface area (TPSA) is 55.5 Å². The van der Waals surface area contributed by atoms with Crippen molar-refractivity contribution in [3.8, 4) is 11.5 Å². The van der Waals surface area contributed by atoms with Crippen molar-refractivity contribution in [2.24, 2.45) is 11.7 Å². The average molecular weight is 249 g/mol. The molecule has 0 aliphatic heterocycles. The molecule has 3 heteroatoms. The van der Waals surface area contributed by atoms with Gasteiger partial charge in [-0.3, -0.25) is 0 Å². The van der Waals surface area contributed by atoms with Gasteiger partial charge in [0.25, 0.3) is 0 Å². The van der Waals surface area contributed by atoms with Gasteiger partial charge < -0.3 is 15.6 Å². The van der Waals surface area contributed by atoms with E-state index in [1.54, 1.807) is 12.1 Å². The van der Waals surface area contributed by atoms with Gasteiger partial charge in [0.15, 0.2) is 0 Å². The molecule has 0 aromatic heterocycles. The second kappa shape index (κ2) is 4.81. The molecule has 0 spiro atoms. The number of nitrogens with two attached hydrogens (primary N) is 1. The van der Waals surface area contributed by atoms with Gasteiger partial charge in [0, 0.05) is 11.6 Å². The van der Waals surface area contributed by atoms with Crippen LogP contribution >= 0.6 is 0 Å². The molecule has 3 N–H and O–H groups in total. The molecule has 1 fully saturated rings. The lowest BCUT2D eigenvalue weighted by molar-refractivity contribution is 0.130. The maximum atomic E-state index is 9.90. The molecule has 1 aliphatic rings. The molecule has 0 radical (unpaired) electrons. The summed E-state index contributed by atoms with van der Waals surface area (Å²) in [6.07, 6.45) is 3.49. The molecule has 2 rings (SSSR count). The van der Waals surface area contributed by atoms with Crippen LogP contribution in [0.4, 0.5) is 0 Å². The Morgan fingerprint density at radius 3 is 2.61 bits per heavy atom. The summed E-state index contributed by atoms with van der Waals surface area (Å²) in [5.41, 5.74) is 6.71. The van der Waals surface area contributed by atoms with E-state index in [1.165, 1.54) is 12.8 Å². The average Bonchev–Trinajstić information content (AvgIpc) is 3.02. The molecular weight excluding hydrogens is 226 g/mol. The van der Waals surface area contributed by atoms with E-state index in [4.69, 9.17) is 10.5 Å². The van der Waals surface area contributed by atoms with Gasteiger partial charge in [-0.25, -0.2) is 0 Å². The van der Waals surface area contributed by atoms with Gasteiger partial charge in [-0.15, -0.1) is 0 Å². The number of phenols is 1. The molecule has 0 saturated heterocycles. The third-order valence-corrected chi connectivity index (χ3v) is 3.11. The molecule has 0 amide bonds. The van der Waals surface area contributed by atoms with Crippen LogP contribution in [-0.2, 0) is 0 Å². The van der Waals surface area contributed by atoms with Gasteiger partial charge in [0.2, 0.25) is 0 Å². The number of rotatable bonds is 4. The van der Waals surface area contributed by atoms with Crippen LogP contribution in [-0.4, -0.2) is 10.7 Å². The van der Waals surface area contributed by atoms with Gasteiger partial charge >= 0.3 is 0 Å². The molecule has 1 aromatic carbocycles. The Kier molecular flexibility index (Phi) is 3.53. The maximum absolute atomic E-state index is 9.90. The lowest BCUT2D eigenvalue weighted by Gasteiger charge is -2.22. The molecule has 1 aliphatic carbocycles. The van der Waals surface area contributed by atoms with E-state index in [0.29, 0.717) is 0 Å². The maximum Gasteiger partial charge on any atom is 0.120 e. The Hall–Kier alpha value is -1.22. The van der Waals surface area contributed by atoms with Crippen LogP contribution < -0.4 is 10.5 Å². The highest BCUT2D eigenvalue weighted by Crippen LogP contribution is 2.39. The monoisotopic (exact) mass is 249 g/mol. The largest absolute Gasteiger partial charge is 0.508 e. The molecule has 3 nitrogen and oxygen atoms in total. The minimum atomic E-state index is -0.241. The molecular formula is C15H23NO2. The van der Waals surface area contributed by atoms with Crippen molar-refractivity contribution in [1.82, 2.24) is 0 Å². The first-order valence-electron chi connectivity index (χ1n) is 6.62. The lowest BCUT2D eigenvalue weighted by atomic mass is 10.0. The van der Waals surface area contributed by atoms with Crippen LogP contribution in [0.5, 0.6) is 11.5 Å². The van der Waals surface area contributed by atoms with Gasteiger partial charge in [-0.1, -0.05) is 12.8 Å². The highest BCUT2D eigenvalue weighted by molar-refractivity contribution is 5.41. The van der Waals surface area contributed by atoms with Crippen molar-refractivity contribution in [3.63, 3.8) is 0 Å². The molecule has 0 heterocycles. The summed E-state index contributed by atoms with van der Waals surface area (Å²) in [5.74, 6) is 1.78. The molecule has 1 saturated carbocycles. The Morgan fingerprint density at radius 1 is 1.39 bits per heavy atom. The van der Waals surface area contributed by atoms with Crippen LogP contribution in [0, 0.1) is 5.92 Å². The van der Waals surface area contributed by atoms with Crippen LogP contribution in [0.1, 0.15) is 51.6 Å². The van der Waals surface area contributed by atoms with E-state index < -0.39 is 0 Å². The SMILES string of the molecule is CC(C)(C)Oc1ccc(O)c([C@H](N)CC2CC2)c1. The zero-order valence-electron chi connectivity index (χ0n) is 11.4. The van der Waals surface area contributed by atoms with Crippen molar-refractivity contribution in [1.29, 1.82) is 0 Å². The predicted molar refractivity (Wildman–Crippen MR) is 72.8 cm³/mol. The Morgan fingerprint density at radius 2 is 2.06 bits per heavy atom. The molecule has 0 unspecified atom stereocenters. The third kappa shape index (κ3) is 3.64. The first-order valence-corrected chi connectivity index (χ1v) is 6.62. The van der Waals surface area contributed by atoms with E-state index in [9.17, 15) is 5.11 Å². The van der Waals surface area contributed by atoms with Gasteiger partial charge in [-0.2, -0.15) is 0 Å². The minimum Gasteiger partial charge on any atom is -0.508 e. The molecule has 1 aromatic rings. The third-order valence-electron chi connectivity index (χ3n) is 3.11. The predicted octanol–water partition coefficient (Wildman–Crippen LogP) is 3.37. The smallest absolute Gasteiger partial charge is 0.120 e. The van der Waals surface area contributed by atoms with Gasteiger partial charge in [0.05, 0.1) is 0 Å². The number of aromatic hydroxyl groups is 1. The molecule has 1 atom stereocenters. The molecule has 18 heavy (non-hydrogen) atoms. The van der Waals surface area contributed by atoms with Crippen LogP contribution in [0.15, 0.2) is 18.2 Å². The highest BCUT2D eigenvalue weighted by Gasteiger charge is 2.26. The molecule has 0 bridgehead atoms. The normalized spacial score (nSPS) is 17.6. The Bertz CT molecular complexity index is 419. The number of hydrogen-bond donors (Lipinski definition) is 2. The van der Waals surface area contributed by atoms with Crippen molar-refractivity contribution < 1.29 is 9.84 Å². The van der Waals surface area contributed by atoms with Crippen molar-refractivity contribution in [2.75, 3.05) is 0 Å². The van der Waals surface area contributed by atoms with E-state index in [-0.39, 0.29) is 17.4 Å². The highest BCUT2D eigenvalue weighted by atomic mass is 16.5. The van der Waals surface area contributed by atoms with Crippen LogP contribution in [0.2, 0.25) is 0 Å². The quantitative estimate of drug-likeness (QED) is 0.860. The summed E-state index contributed by atoms with van der Waals surface area (Å²) in [6, 6.07) is 5.23.